The van der Waals surface area contributed by atoms with Gasteiger partial charge in [0.1, 0.15) is 12.8 Å². The molecule has 1 aliphatic rings. The maximum Gasteiger partial charge on any atom is 0.208 e. The molecule has 0 fully saturated rings. The summed E-state index contributed by atoms with van der Waals surface area (Å²) in [7, 11) is -1.87. The molecular weight excluding hydrogens is 365 g/mol. The lowest BCUT2D eigenvalue weighted by Gasteiger charge is -2.20. The highest BCUT2D eigenvalue weighted by Crippen LogP contribution is 2.25. The van der Waals surface area contributed by atoms with Gasteiger partial charge in [-0.2, -0.15) is 0 Å². The number of halogens is 1. The van der Waals surface area contributed by atoms with Gasteiger partial charge in [-0.3, -0.25) is 4.39 Å². The molecule has 1 aromatic carbocycles. The number of hydrogen-bond acceptors (Lipinski definition) is 6. The van der Waals surface area contributed by atoms with Crippen LogP contribution in [0.4, 0.5) is 4.39 Å². The van der Waals surface area contributed by atoms with Crippen LogP contribution in [0.2, 0.25) is 0 Å². The Morgan fingerprint density at radius 2 is 2.19 bits per heavy atom. The van der Waals surface area contributed by atoms with Gasteiger partial charge in [0.05, 0.1) is 30.7 Å². The summed E-state index contributed by atoms with van der Waals surface area (Å²) >= 11 is 0. The first-order valence-corrected chi connectivity index (χ1v) is 9.67. The first-order valence-electron chi connectivity index (χ1n) is 7.78. The molecule has 1 aliphatic heterocycles. The van der Waals surface area contributed by atoms with Gasteiger partial charge in [-0.1, -0.05) is 34.5 Å². The highest BCUT2D eigenvalue weighted by atomic mass is 32.2. The van der Waals surface area contributed by atoms with Crippen molar-refractivity contribution in [1.29, 1.82) is 0 Å². The largest absolute Gasteiger partial charge is 0.390 e. The predicted octanol–water partition coefficient (Wildman–Crippen LogP) is 2.06. The van der Waals surface area contributed by atoms with E-state index in [1.54, 1.807) is 24.3 Å². The van der Waals surface area contributed by atoms with E-state index < -0.39 is 28.8 Å². The first kappa shape index (κ1) is 20.1. The maximum absolute atomic E-state index is 13.1. The zero-order chi connectivity index (χ0) is 19.2. The summed E-state index contributed by atoms with van der Waals surface area (Å²) in [5, 5.41) is 7.41. The molecule has 0 saturated heterocycles. The van der Waals surface area contributed by atoms with Gasteiger partial charge in [-0.25, -0.2) is 13.1 Å². The lowest BCUT2D eigenvalue weighted by atomic mass is 9.99. The minimum Gasteiger partial charge on any atom is -0.390 e. The summed E-state index contributed by atoms with van der Waals surface area (Å²) in [4.78, 5) is 7.88. The number of oxime groups is 1. The predicted molar refractivity (Wildman–Crippen MR) is 94.0 cm³/mol. The highest BCUT2D eigenvalue weighted by Gasteiger charge is 2.25. The Kier molecular flexibility index (Phi) is 6.92. The number of benzene rings is 1. The molecule has 0 unspecified atom stereocenters. The number of nitrogens with zero attached hydrogens (tertiary/aromatic N) is 4. The van der Waals surface area contributed by atoms with Crippen molar-refractivity contribution in [2.24, 2.45) is 10.3 Å². The normalized spacial score (nSPS) is 19.2. The van der Waals surface area contributed by atoms with E-state index in [0.29, 0.717) is 17.7 Å². The highest BCUT2D eigenvalue weighted by molar-refractivity contribution is 7.88. The third kappa shape index (κ3) is 5.40. The number of ether oxygens (including phenoxy) is 1. The molecule has 0 aromatic heterocycles. The Balaban J connectivity index is 2.04. The molecular formula is C15H20FN5O4S. The average molecular weight is 385 g/mol. The second kappa shape index (κ2) is 8.95. The van der Waals surface area contributed by atoms with Gasteiger partial charge in [-0.05, 0) is 16.7 Å². The van der Waals surface area contributed by atoms with Crippen LogP contribution in [0.5, 0.6) is 0 Å². The van der Waals surface area contributed by atoms with Crippen LogP contribution in [-0.2, 0) is 19.6 Å². The van der Waals surface area contributed by atoms with Crippen LogP contribution < -0.4 is 4.72 Å². The number of rotatable bonds is 9. The molecule has 1 aromatic rings. The van der Waals surface area contributed by atoms with E-state index in [2.05, 4.69) is 19.9 Å². The lowest BCUT2D eigenvalue weighted by molar-refractivity contribution is 0.0722. The summed E-state index contributed by atoms with van der Waals surface area (Å²) in [5.74, 6) is 0. The second-order valence-electron chi connectivity index (χ2n) is 5.80. The van der Waals surface area contributed by atoms with E-state index in [-0.39, 0.29) is 12.6 Å². The van der Waals surface area contributed by atoms with Gasteiger partial charge in [0.2, 0.25) is 10.0 Å². The molecule has 0 aliphatic carbocycles. The van der Waals surface area contributed by atoms with Crippen LogP contribution in [0.15, 0.2) is 34.5 Å². The fourth-order valence-corrected chi connectivity index (χ4v) is 3.06. The van der Waals surface area contributed by atoms with Gasteiger partial charge >= 0.3 is 0 Å². The van der Waals surface area contributed by atoms with Crippen molar-refractivity contribution < 1.29 is 22.4 Å². The fourth-order valence-electron chi connectivity index (χ4n) is 2.57. The zero-order valence-electron chi connectivity index (χ0n) is 14.4. The Labute approximate surface area is 150 Å². The van der Waals surface area contributed by atoms with Crippen LogP contribution in [-0.4, -0.2) is 52.9 Å². The maximum atomic E-state index is 13.1. The number of alkyl halides is 1. The van der Waals surface area contributed by atoms with Gasteiger partial charge in [0.15, 0.2) is 0 Å². The summed E-state index contributed by atoms with van der Waals surface area (Å²) in [5.41, 5.74) is 10.7. The number of hydrogen-bond donors (Lipinski definition) is 1. The van der Waals surface area contributed by atoms with Crippen molar-refractivity contribution in [2.75, 3.05) is 26.6 Å². The Bertz CT molecular complexity index is 793. The molecule has 3 atom stereocenters. The summed E-state index contributed by atoms with van der Waals surface area (Å²) in [6.07, 6.45) is 0.474. The van der Waals surface area contributed by atoms with E-state index in [4.69, 9.17) is 15.1 Å². The monoisotopic (exact) mass is 385 g/mol. The minimum absolute atomic E-state index is 0.139. The van der Waals surface area contributed by atoms with E-state index in [1.165, 1.54) is 7.11 Å². The molecule has 0 radical (unpaired) electrons. The number of nitrogens with one attached hydrogen (secondary N) is 1. The van der Waals surface area contributed by atoms with Gasteiger partial charge in [0, 0.05) is 18.4 Å². The lowest BCUT2D eigenvalue weighted by Crippen LogP contribution is -2.31. The molecule has 142 valence electrons. The molecule has 0 spiro atoms. The fraction of sp³-hybridized carbons (Fsp3) is 0.533. The van der Waals surface area contributed by atoms with Crippen LogP contribution in [0.1, 0.15) is 23.7 Å². The molecule has 1 heterocycles. The van der Waals surface area contributed by atoms with E-state index in [0.717, 1.165) is 11.8 Å². The molecule has 11 heteroatoms. The molecule has 0 amide bonds. The minimum atomic E-state index is -3.29. The third-order valence-corrected chi connectivity index (χ3v) is 4.53. The zero-order valence-corrected chi connectivity index (χ0v) is 15.2. The van der Waals surface area contributed by atoms with Crippen LogP contribution >= 0.6 is 0 Å². The van der Waals surface area contributed by atoms with E-state index in [9.17, 15) is 12.8 Å². The Morgan fingerprint density at radius 1 is 1.50 bits per heavy atom. The smallest absolute Gasteiger partial charge is 0.208 e. The molecule has 2 rings (SSSR count). The van der Waals surface area contributed by atoms with Crippen molar-refractivity contribution in [3.05, 3.63) is 45.8 Å². The van der Waals surface area contributed by atoms with Crippen molar-refractivity contribution in [2.45, 2.75) is 24.7 Å². The van der Waals surface area contributed by atoms with Crippen LogP contribution in [0.25, 0.3) is 10.4 Å². The van der Waals surface area contributed by atoms with Crippen molar-refractivity contribution in [1.82, 2.24) is 4.72 Å². The van der Waals surface area contributed by atoms with E-state index in [1.807, 2.05) is 0 Å². The number of azide groups is 1. The van der Waals surface area contributed by atoms with Crippen LogP contribution in [0.3, 0.4) is 0 Å². The molecule has 0 bridgehead atoms. The molecule has 1 N–H and O–H groups in total. The SMILES string of the molecule is CO[C@H](c1ccc(C2=NO[C@H](CNS(C)(=O)=O)C2)cc1)[C@@H](CF)N=[N+]=[N-]. The second-order valence-corrected chi connectivity index (χ2v) is 7.63. The standard InChI is InChI=1S/C15H20FN5O4S/c1-24-15(14(8-16)19-21-17)11-5-3-10(4-6-11)13-7-12(25-20-13)9-18-26(2,22)23/h3-6,12,14-15,18H,7-9H2,1-2H3/t12-,14+,15+/m0/s1. The molecule has 0 saturated carbocycles. The van der Waals surface area contributed by atoms with Gasteiger partial charge in [0.25, 0.3) is 0 Å². The first-order chi connectivity index (χ1) is 12.4. The number of sulfonamides is 1. The van der Waals surface area contributed by atoms with Gasteiger partial charge < -0.3 is 9.57 Å². The quantitative estimate of drug-likeness (QED) is 0.397. The average Bonchev–Trinajstić information content (AvgIpc) is 3.09. The summed E-state index contributed by atoms with van der Waals surface area (Å²) in [6.45, 7) is -0.695. The Hall–Kier alpha value is -2.20. The topological polar surface area (TPSA) is 126 Å². The van der Waals surface area contributed by atoms with Crippen molar-refractivity contribution >= 4 is 15.7 Å². The van der Waals surface area contributed by atoms with E-state index >= 15 is 0 Å². The van der Waals surface area contributed by atoms with Gasteiger partial charge in [-0.15, -0.1) is 0 Å². The molecule has 9 nitrogen and oxygen atoms in total. The number of methoxy groups -OCH3 is 1. The van der Waals surface area contributed by atoms with Crippen molar-refractivity contribution in [3.63, 3.8) is 0 Å². The summed E-state index contributed by atoms with van der Waals surface area (Å²) < 4.78 is 43.0. The Morgan fingerprint density at radius 3 is 2.73 bits per heavy atom. The third-order valence-electron chi connectivity index (χ3n) is 3.84. The van der Waals surface area contributed by atoms with Crippen molar-refractivity contribution in [3.8, 4) is 0 Å². The molecule has 26 heavy (non-hydrogen) atoms. The summed E-state index contributed by atoms with van der Waals surface area (Å²) in [6, 6.07) is 6.09. The van der Waals surface area contributed by atoms with Crippen LogP contribution in [0, 0.1) is 0 Å².